The lowest BCUT2D eigenvalue weighted by molar-refractivity contribution is 0.507. The van der Waals surface area contributed by atoms with Crippen LogP contribution < -0.4 is 5.73 Å². The topological polar surface area (TPSA) is 82.0 Å². The molecule has 3 aromatic rings. The molecule has 0 bridgehead atoms. The number of rotatable bonds is 3. The molecular formula is C12H14N6S. The predicted molar refractivity (Wildman–Crippen MR) is 73.7 cm³/mol. The zero-order valence-electron chi connectivity index (χ0n) is 10.7. The molecule has 0 aliphatic carbocycles. The molecule has 0 saturated heterocycles. The number of nitrogens with two attached hydrogens (primary N) is 1. The first-order chi connectivity index (χ1) is 9.16. The SMILES string of the molecule is CC(C)C(N)c1nn2c(-c3cccnc3)nnc2s1. The lowest BCUT2D eigenvalue weighted by Crippen LogP contribution is -2.16. The van der Waals surface area contributed by atoms with Gasteiger partial charge in [0.2, 0.25) is 4.96 Å². The zero-order valence-corrected chi connectivity index (χ0v) is 11.5. The summed E-state index contributed by atoms with van der Waals surface area (Å²) in [6, 6.07) is 3.72. The molecule has 0 amide bonds. The molecule has 3 rings (SSSR count). The minimum atomic E-state index is -0.0755. The van der Waals surface area contributed by atoms with Gasteiger partial charge in [-0.15, -0.1) is 10.2 Å². The van der Waals surface area contributed by atoms with Gasteiger partial charge in [0.1, 0.15) is 5.01 Å². The van der Waals surface area contributed by atoms with E-state index < -0.39 is 0 Å². The van der Waals surface area contributed by atoms with Gasteiger partial charge in [-0.05, 0) is 18.1 Å². The monoisotopic (exact) mass is 274 g/mol. The summed E-state index contributed by atoms with van der Waals surface area (Å²) in [5.74, 6) is 1.03. The smallest absolute Gasteiger partial charge is 0.235 e. The molecule has 1 unspecified atom stereocenters. The molecular weight excluding hydrogens is 260 g/mol. The molecule has 0 aromatic carbocycles. The van der Waals surface area contributed by atoms with E-state index in [1.54, 1.807) is 16.9 Å². The first kappa shape index (κ1) is 12.2. The van der Waals surface area contributed by atoms with Gasteiger partial charge in [-0.25, -0.2) is 0 Å². The lowest BCUT2D eigenvalue weighted by atomic mass is 10.1. The standard InChI is InChI=1S/C12H14N6S/c1-7(2)9(13)11-17-18-10(15-16-12(18)19-11)8-4-3-5-14-6-8/h3-7,9H,13H2,1-2H3. The van der Waals surface area contributed by atoms with Crippen LogP contribution in [0, 0.1) is 5.92 Å². The Bertz CT molecular complexity index is 687. The summed E-state index contributed by atoms with van der Waals surface area (Å²) < 4.78 is 1.74. The van der Waals surface area contributed by atoms with Crippen molar-refractivity contribution < 1.29 is 0 Å². The summed E-state index contributed by atoms with van der Waals surface area (Å²) in [6.07, 6.45) is 3.47. The van der Waals surface area contributed by atoms with Gasteiger partial charge in [0.25, 0.3) is 0 Å². The molecule has 6 nitrogen and oxygen atoms in total. The fourth-order valence-corrected chi connectivity index (χ4v) is 2.74. The third-order valence-electron chi connectivity index (χ3n) is 2.93. The Morgan fingerprint density at radius 2 is 2.16 bits per heavy atom. The van der Waals surface area contributed by atoms with Crippen molar-refractivity contribution in [2.75, 3.05) is 0 Å². The van der Waals surface area contributed by atoms with Crippen LogP contribution in [0.15, 0.2) is 24.5 Å². The van der Waals surface area contributed by atoms with Crippen molar-refractivity contribution >= 4 is 16.3 Å². The number of pyridine rings is 1. The van der Waals surface area contributed by atoms with Crippen molar-refractivity contribution in [3.8, 4) is 11.4 Å². The number of hydrogen-bond donors (Lipinski definition) is 1. The molecule has 2 N–H and O–H groups in total. The van der Waals surface area contributed by atoms with Crippen molar-refractivity contribution in [3.63, 3.8) is 0 Å². The van der Waals surface area contributed by atoms with E-state index in [-0.39, 0.29) is 6.04 Å². The maximum atomic E-state index is 6.12. The highest BCUT2D eigenvalue weighted by Gasteiger charge is 2.19. The molecule has 3 aromatic heterocycles. The molecule has 0 fully saturated rings. The third kappa shape index (κ3) is 2.11. The van der Waals surface area contributed by atoms with E-state index in [2.05, 4.69) is 34.1 Å². The van der Waals surface area contributed by atoms with E-state index >= 15 is 0 Å². The van der Waals surface area contributed by atoms with Crippen LogP contribution in [0.25, 0.3) is 16.3 Å². The third-order valence-corrected chi connectivity index (χ3v) is 3.93. The molecule has 7 heteroatoms. The van der Waals surface area contributed by atoms with Crippen LogP contribution in [0.2, 0.25) is 0 Å². The Balaban J connectivity index is 2.08. The van der Waals surface area contributed by atoms with Crippen molar-refractivity contribution in [2.24, 2.45) is 11.7 Å². The van der Waals surface area contributed by atoms with Crippen LogP contribution in [-0.4, -0.2) is 24.8 Å². The molecule has 19 heavy (non-hydrogen) atoms. The minimum Gasteiger partial charge on any atom is -0.322 e. The Morgan fingerprint density at radius 1 is 1.32 bits per heavy atom. The molecule has 98 valence electrons. The minimum absolute atomic E-state index is 0.0755. The number of aromatic nitrogens is 5. The zero-order chi connectivity index (χ0) is 13.4. The van der Waals surface area contributed by atoms with E-state index in [1.165, 1.54) is 11.3 Å². The first-order valence-corrected chi connectivity index (χ1v) is 6.86. The van der Waals surface area contributed by atoms with Crippen LogP contribution in [0.4, 0.5) is 0 Å². The highest BCUT2D eigenvalue weighted by atomic mass is 32.1. The van der Waals surface area contributed by atoms with E-state index in [4.69, 9.17) is 5.73 Å². The van der Waals surface area contributed by atoms with E-state index in [0.29, 0.717) is 11.7 Å². The number of hydrogen-bond acceptors (Lipinski definition) is 6. The molecule has 0 aliphatic heterocycles. The molecule has 3 heterocycles. The second-order valence-corrected chi connectivity index (χ2v) is 5.66. The van der Waals surface area contributed by atoms with Crippen LogP contribution in [-0.2, 0) is 0 Å². The highest BCUT2D eigenvalue weighted by molar-refractivity contribution is 7.16. The molecule has 0 spiro atoms. The number of nitrogens with zero attached hydrogens (tertiary/aromatic N) is 5. The summed E-state index contributed by atoms with van der Waals surface area (Å²) in [5.41, 5.74) is 7.02. The average molecular weight is 274 g/mol. The van der Waals surface area contributed by atoms with Gasteiger partial charge in [-0.1, -0.05) is 25.2 Å². The van der Waals surface area contributed by atoms with Gasteiger partial charge in [0, 0.05) is 18.0 Å². The van der Waals surface area contributed by atoms with Gasteiger partial charge in [-0.3, -0.25) is 4.98 Å². The maximum Gasteiger partial charge on any atom is 0.235 e. The summed E-state index contributed by atoms with van der Waals surface area (Å²) in [5, 5.41) is 13.7. The molecule has 0 radical (unpaired) electrons. The first-order valence-electron chi connectivity index (χ1n) is 6.05. The van der Waals surface area contributed by atoms with Gasteiger partial charge >= 0.3 is 0 Å². The Kier molecular flexibility index (Phi) is 3.00. The fraction of sp³-hybridized carbons (Fsp3) is 0.333. The van der Waals surface area contributed by atoms with Crippen LogP contribution >= 0.6 is 11.3 Å². The summed E-state index contributed by atoms with van der Waals surface area (Å²) in [4.78, 5) is 4.84. The van der Waals surface area contributed by atoms with Crippen molar-refractivity contribution in [1.82, 2.24) is 24.8 Å². The van der Waals surface area contributed by atoms with E-state index in [1.807, 2.05) is 12.1 Å². The summed E-state index contributed by atoms with van der Waals surface area (Å²) in [7, 11) is 0. The van der Waals surface area contributed by atoms with Crippen molar-refractivity contribution in [2.45, 2.75) is 19.9 Å². The Labute approximate surface area is 114 Å². The molecule has 1 atom stereocenters. The van der Waals surface area contributed by atoms with Gasteiger partial charge in [0.05, 0.1) is 6.04 Å². The van der Waals surface area contributed by atoms with E-state index in [0.717, 1.165) is 15.5 Å². The fourth-order valence-electron chi connectivity index (χ4n) is 1.73. The largest absolute Gasteiger partial charge is 0.322 e. The summed E-state index contributed by atoms with van der Waals surface area (Å²) >= 11 is 1.48. The maximum absolute atomic E-state index is 6.12. The van der Waals surface area contributed by atoms with Gasteiger partial charge < -0.3 is 5.73 Å². The molecule has 0 aliphatic rings. The van der Waals surface area contributed by atoms with Gasteiger partial charge in [-0.2, -0.15) is 9.61 Å². The van der Waals surface area contributed by atoms with Crippen molar-refractivity contribution in [3.05, 3.63) is 29.5 Å². The second-order valence-electron chi connectivity index (χ2n) is 4.67. The summed E-state index contributed by atoms with van der Waals surface area (Å²) in [6.45, 7) is 4.16. The van der Waals surface area contributed by atoms with Crippen LogP contribution in [0.1, 0.15) is 24.9 Å². The van der Waals surface area contributed by atoms with Crippen LogP contribution in [0.3, 0.4) is 0 Å². The van der Waals surface area contributed by atoms with E-state index in [9.17, 15) is 0 Å². The number of fused-ring (bicyclic) bond motifs is 1. The van der Waals surface area contributed by atoms with Crippen LogP contribution in [0.5, 0.6) is 0 Å². The highest BCUT2D eigenvalue weighted by Crippen LogP contribution is 2.26. The second kappa shape index (κ2) is 4.67. The van der Waals surface area contributed by atoms with Gasteiger partial charge in [0.15, 0.2) is 5.82 Å². The Hall–Kier alpha value is -1.86. The average Bonchev–Trinajstić information content (AvgIpc) is 2.98. The predicted octanol–water partition coefficient (Wildman–Crippen LogP) is 1.90. The quantitative estimate of drug-likeness (QED) is 0.788. The normalized spacial score (nSPS) is 13.3. The molecule has 0 saturated carbocycles. The Morgan fingerprint density at radius 3 is 2.84 bits per heavy atom. The van der Waals surface area contributed by atoms with Crippen molar-refractivity contribution in [1.29, 1.82) is 0 Å². The lowest BCUT2D eigenvalue weighted by Gasteiger charge is -2.10.